The van der Waals surface area contributed by atoms with Gasteiger partial charge in [0.05, 0.1) is 12.8 Å². The molecule has 4 heteroatoms. The van der Waals surface area contributed by atoms with E-state index in [1.165, 1.54) is 31.6 Å². The van der Waals surface area contributed by atoms with Gasteiger partial charge in [0.2, 0.25) is 0 Å². The predicted molar refractivity (Wildman–Crippen MR) is 96.5 cm³/mol. The summed E-state index contributed by atoms with van der Waals surface area (Å²) >= 11 is 0. The van der Waals surface area contributed by atoms with Crippen molar-refractivity contribution in [2.24, 2.45) is 0 Å². The van der Waals surface area contributed by atoms with Gasteiger partial charge in [-0.25, -0.2) is 0 Å². The number of methoxy groups -OCH3 is 1. The number of benzene rings is 1. The highest BCUT2D eigenvalue weighted by atomic mass is 16.5. The van der Waals surface area contributed by atoms with Crippen molar-refractivity contribution < 1.29 is 4.74 Å². The van der Waals surface area contributed by atoms with Crippen LogP contribution in [0.1, 0.15) is 26.7 Å². The number of anilines is 1. The maximum absolute atomic E-state index is 5.52. The van der Waals surface area contributed by atoms with Gasteiger partial charge >= 0.3 is 0 Å². The Labute approximate surface area is 141 Å². The van der Waals surface area contributed by atoms with E-state index in [-0.39, 0.29) is 0 Å². The molecule has 2 heterocycles. The Morgan fingerprint density at radius 2 is 1.78 bits per heavy atom. The highest BCUT2D eigenvalue weighted by molar-refractivity contribution is 5.58. The summed E-state index contributed by atoms with van der Waals surface area (Å²) in [5, 5.41) is 0. The number of ether oxygens (including phenoxy) is 1. The topological polar surface area (TPSA) is 19.0 Å². The van der Waals surface area contributed by atoms with Crippen molar-refractivity contribution in [3.63, 3.8) is 0 Å². The minimum atomic E-state index is 0.674. The van der Waals surface area contributed by atoms with Gasteiger partial charge in [0.15, 0.2) is 0 Å². The van der Waals surface area contributed by atoms with Crippen molar-refractivity contribution in [1.82, 2.24) is 9.80 Å². The van der Waals surface area contributed by atoms with Crippen LogP contribution in [-0.4, -0.2) is 68.3 Å². The largest absolute Gasteiger partial charge is 0.495 e. The smallest absolute Gasteiger partial charge is 0.142 e. The van der Waals surface area contributed by atoms with Crippen molar-refractivity contribution >= 4 is 5.69 Å². The van der Waals surface area contributed by atoms with Crippen LogP contribution in [0.5, 0.6) is 5.75 Å². The number of para-hydroxylation sites is 2. The zero-order valence-electron chi connectivity index (χ0n) is 14.9. The van der Waals surface area contributed by atoms with Gasteiger partial charge in [0.25, 0.3) is 0 Å². The Morgan fingerprint density at radius 1 is 1.04 bits per heavy atom. The van der Waals surface area contributed by atoms with Gasteiger partial charge in [-0.1, -0.05) is 12.1 Å². The van der Waals surface area contributed by atoms with Crippen LogP contribution in [-0.2, 0) is 0 Å². The van der Waals surface area contributed by atoms with E-state index in [1.807, 2.05) is 6.07 Å². The maximum atomic E-state index is 5.52. The SMILES string of the molecule is COc1ccccc1N1CCN([C@H]2CCCN(C(C)C)C2)CC1. The van der Waals surface area contributed by atoms with E-state index in [0.29, 0.717) is 6.04 Å². The van der Waals surface area contributed by atoms with Gasteiger partial charge in [0, 0.05) is 44.8 Å². The molecule has 4 nitrogen and oxygen atoms in total. The second-order valence-electron chi connectivity index (χ2n) is 7.08. The summed E-state index contributed by atoms with van der Waals surface area (Å²) in [6.07, 6.45) is 2.70. The van der Waals surface area contributed by atoms with Gasteiger partial charge in [-0.2, -0.15) is 0 Å². The second-order valence-corrected chi connectivity index (χ2v) is 7.08. The monoisotopic (exact) mass is 317 g/mol. The Balaban J connectivity index is 1.58. The van der Waals surface area contributed by atoms with E-state index in [2.05, 4.69) is 46.7 Å². The van der Waals surface area contributed by atoms with Gasteiger partial charge < -0.3 is 9.64 Å². The molecule has 128 valence electrons. The van der Waals surface area contributed by atoms with Crippen molar-refractivity contribution in [3.05, 3.63) is 24.3 Å². The third kappa shape index (κ3) is 3.81. The number of piperidine rings is 1. The standard InChI is InChI=1S/C19H31N3O/c1-16(2)22-10-6-7-17(15-22)20-11-13-21(14-12-20)18-8-4-5-9-19(18)23-3/h4-5,8-9,16-17H,6-7,10-15H2,1-3H3/t17-/m0/s1. The first-order chi connectivity index (χ1) is 11.2. The summed E-state index contributed by atoms with van der Waals surface area (Å²) in [5.74, 6) is 0.990. The molecular formula is C19H31N3O. The van der Waals surface area contributed by atoms with Crippen molar-refractivity contribution in [1.29, 1.82) is 0 Å². The minimum absolute atomic E-state index is 0.674. The molecule has 0 amide bonds. The zero-order valence-corrected chi connectivity index (χ0v) is 14.9. The van der Waals surface area contributed by atoms with Crippen molar-refractivity contribution in [3.8, 4) is 5.75 Å². The molecule has 0 radical (unpaired) electrons. The third-order valence-electron chi connectivity index (χ3n) is 5.41. The molecule has 3 rings (SSSR count). The first-order valence-electron chi connectivity index (χ1n) is 9.05. The fourth-order valence-corrected chi connectivity index (χ4v) is 3.97. The lowest BCUT2D eigenvalue weighted by molar-refractivity contribution is 0.0760. The van der Waals surface area contributed by atoms with Crippen LogP contribution in [0.25, 0.3) is 0 Å². The van der Waals surface area contributed by atoms with Gasteiger partial charge in [-0.05, 0) is 45.4 Å². The summed E-state index contributed by atoms with van der Waals surface area (Å²) in [5.41, 5.74) is 1.24. The summed E-state index contributed by atoms with van der Waals surface area (Å²) in [4.78, 5) is 7.82. The van der Waals surface area contributed by atoms with Gasteiger partial charge in [0.1, 0.15) is 5.75 Å². The molecule has 2 aliphatic heterocycles. The highest BCUT2D eigenvalue weighted by Gasteiger charge is 2.29. The lowest BCUT2D eigenvalue weighted by Crippen LogP contribution is -2.56. The number of hydrogen-bond acceptors (Lipinski definition) is 4. The Hall–Kier alpha value is -1.26. The predicted octanol–water partition coefficient (Wildman–Crippen LogP) is 2.69. The zero-order chi connectivity index (χ0) is 16.2. The van der Waals surface area contributed by atoms with Crippen LogP contribution in [0.4, 0.5) is 5.69 Å². The van der Waals surface area contributed by atoms with Gasteiger partial charge in [-0.3, -0.25) is 9.80 Å². The number of nitrogens with zero attached hydrogens (tertiary/aromatic N) is 3. The van der Waals surface area contributed by atoms with Crippen LogP contribution >= 0.6 is 0 Å². The molecule has 23 heavy (non-hydrogen) atoms. The average molecular weight is 317 g/mol. The maximum Gasteiger partial charge on any atom is 0.142 e. The molecule has 2 saturated heterocycles. The van der Waals surface area contributed by atoms with Crippen molar-refractivity contribution in [2.75, 3.05) is 51.3 Å². The summed E-state index contributed by atoms with van der Waals surface area (Å²) in [7, 11) is 1.76. The fourth-order valence-electron chi connectivity index (χ4n) is 3.97. The second kappa shape index (κ2) is 7.54. The molecule has 0 unspecified atom stereocenters. The molecule has 1 atom stereocenters. The molecule has 1 aromatic rings. The lowest BCUT2D eigenvalue weighted by atomic mass is 10.0. The number of piperazine rings is 1. The molecule has 2 fully saturated rings. The Morgan fingerprint density at radius 3 is 2.48 bits per heavy atom. The highest BCUT2D eigenvalue weighted by Crippen LogP contribution is 2.29. The van der Waals surface area contributed by atoms with Crippen LogP contribution in [0.2, 0.25) is 0 Å². The Kier molecular flexibility index (Phi) is 5.44. The summed E-state index contributed by atoms with van der Waals surface area (Å²) < 4.78 is 5.52. The van der Waals surface area contributed by atoms with E-state index in [1.54, 1.807) is 7.11 Å². The number of rotatable bonds is 4. The quantitative estimate of drug-likeness (QED) is 0.850. The normalized spacial score (nSPS) is 24.2. The van der Waals surface area contributed by atoms with E-state index < -0.39 is 0 Å². The van der Waals surface area contributed by atoms with Crippen LogP contribution in [0.3, 0.4) is 0 Å². The third-order valence-corrected chi connectivity index (χ3v) is 5.41. The van der Waals surface area contributed by atoms with Crippen LogP contribution in [0.15, 0.2) is 24.3 Å². The first kappa shape index (κ1) is 16.6. The molecule has 1 aromatic carbocycles. The molecule has 0 spiro atoms. The fraction of sp³-hybridized carbons (Fsp3) is 0.684. The molecule has 0 bridgehead atoms. The molecule has 2 aliphatic rings. The molecule has 0 aliphatic carbocycles. The molecule has 0 saturated carbocycles. The minimum Gasteiger partial charge on any atom is -0.495 e. The van der Waals surface area contributed by atoms with E-state index in [9.17, 15) is 0 Å². The summed E-state index contributed by atoms with van der Waals surface area (Å²) in [6, 6.07) is 9.80. The molecular weight excluding hydrogens is 286 g/mol. The Bertz CT molecular complexity index is 497. The van der Waals surface area contributed by atoms with Crippen LogP contribution in [0, 0.1) is 0 Å². The first-order valence-corrected chi connectivity index (χ1v) is 9.05. The molecule has 0 aromatic heterocycles. The number of hydrogen-bond donors (Lipinski definition) is 0. The van der Waals surface area contributed by atoms with E-state index >= 15 is 0 Å². The summed E-state index contributed by atoms with van der Waals surface area (Å²) in [6.45, 7) is 11.7. The van der Waals surface area contributed by atoms with Crippen molar-refractivity contribution in [2.45, 2.75) is 38.8 Å². The van der Waals surface area contributed by atoms with E-state index in [4.69, 9.17) is 4.74 Å². The van der Waals surface area contributed by atoms with E-state index in [0.717, 1.165) is 38.0 Å². The molecule has 0 N–H and O–H groups in total. The lowest BCUT2D eigenvalue weighted by Gasteiger charge is -2.45. The van der Waals surface area contributed by atoms with Crippen LogP contribution < -0.4 is 9.64 Å². The van der Waals surface area contributed by atoms with Gasteiger partial charge in [-0.15, -0.1) is 0 Å². The number of likely N-dealkylation sites (tertiary alicyclic amines) is 1. The average Bonchev–Trinajstić information content (AvgIpc) is 2.62.